The average molecular weight is 264 g/mol. The summed E-state index contributed by atoms with van der Waals surface area (Å²) in [6, 6.07) is 2.58. The van der Waals surface area contributed by atoms with E-state index in [2.05, 4.69) is 24.5 Å². The van der Waals surface area contributed by atoms with E-state index in [0.29, 0.717) is 6.04 Å². The fraction of sp³-hybridized carbons (Fsp3) is 0.600. The summed E-state index contributed by atoms with van der Waals surface area (Å²) in [7, 11) is 3.42. The van der Waals surface area contributed by atoms with E-state index in [-0.39, 0.29) is 0 Å². The number of hydrogen-bond acceptors (Lipinski definition) is 4. The number of ether oxygens (including phenoxy) is 2. The zero-order valence-corrected chi connectivity index (χ0v) is 12.3. The molecule has 19 heavy (non-hydrogen) atoms. The lowest BCUT2D eigenvalue weighted by Crippen LogP contribution is -2.29. The van der Waals surface area contributed by atoms with Crippen LogP contribution in [0.1, 0.15) is 24.0 Å². The fourth-order valence-electron chi connectivity index (χ4n) is 2.63. The molecule has 0 aliphatic carbocycles. The first-order valence-electron chi connectivity index (χ1n) is 6.86. The highest BCUT2D eigenvalue weighted by Crippen LogP contribution is 2.36. The first kappa shape index (κ1) is 14.0. The maximum absolute atomic E-state index is 5.53. The molecular formula is C15H24N2O2. The molecule has 1 aromatic rings. The van der Waals surface area contributed by atoms with Crippen LogP contribution in [0.2, 0.25) is 0 Å². The molecular weight excluding hydrogens is 240 g/mol. The Balaban J connectivity index is 2.19. The van der Waals surface area contributed by atoms with Gasteiger partial charge in [0.2, 0.25) is 0 Å². The van der Waals surface area contributed by atoms with E-state index in [1.54, 1.807) is 14.2 Å². The van der Waals surface area contributed by atoms with Crippen LogP contribution in [0.25, 0.3) is 0 Å². The molecule has 0 saturated carbocycles. The van der Waals surface area contributed by atoms with E-state index in [9.17, 15) is 0 Å². The predicted molar refractivity (Wildman–Crippen MR) is 78.5 cm³/mol. The molecule has 0 radical (unpaired) electrons. The summed E-state index contributed by atoms with van der Waals surface area (Å²) >= 11 is 0. The summed E-state index contributed by atoms with van der Waals surface area (Å²) in [5.41, 5.74) is 3.27. The number of methoxy groups -OCH3 is 2. The lowest BCUT2D eigenvalue weighted by atomic mass is 10.1. The summed E-state index contributed by atoms with van der Waals surface area (Å²) < 4.78 is 11.0. The van der Waals surface area contributed by atoms with Crippen molar-refractivity contribution in [2.45, 2.75) is 32.7 Å². The standard InChI is InChI=1S/C15H24N2O2/c1-10-11(2)15(19-4)13(8-14(10)18-3)17-9-12-6-5-7-16-12/h8,12,16-17H,5-7,9H2,1-4H3. The molecule has 2 rings (SSSR count). The van der Waals surface area contributed by atoms with E-state index in [0.717, 1.165) is 41.4 Å². The third-order valence-corrected chi connectivity index (χ3v) is 3.92. The molecule has 4 nitrogen and oxygen atoms in total. The van der Waals surface area contributed by atoms with Crippen molar-refractivity contribution in [1.82, 2.24) is 5.32 Å². The Bertz CT molecular complexity index is 440. The molecule has 1 aromatic carbocycles. The quantitative estimate of drug-likeness (QED) is 0.857. The third kappa shape index (κ3) is 2.95. The van der Waals surface area contributed by atoms with Gasteiger partial charge in [0, 0.05) is 18.7 Å². The van der Waals surface area contributed by atoms with Gasteiger partial charge in [-0.3, -0.25) is 0 Å². The highest BCUT2D eigenvalue weighted by molar-refractivity contribution is 5.66. The van der Waals surface area contributed by atoms with Crippen LogP contribution < -0.4 is 20.1 Å². The molecule has 2 N–H and O–H groups in total. The van der Waals surface area contributed by atoms with Crippen molar-refractivity contribution in [3.63, 3.8) is 0 Å². The molecule has 4 heteroatoms. The number of hydrogen-bond donors (Lipinski definition) is 2. The van der Waals surface area contributed by atoms with E-state index in [1.165, 1.54) is 12.8 Å². The molecule has 0 spiro atoms. The van der Waals surface area contributed by atoms with Crippen LogP contribution >= 0.6 is 0 Å². The fourth-order valence-corrected chi connectivity index (χ4v) is 2.63. The van der Waals surface area contributed by atoms with Crippen molar-refractivity contribution in [1.29, 1.82) is 0 Å². The predicted octanol–water partition coefficient (Wildman–Crippen LogP) is 2.48. The minimum Gasteiger partial charge on any atom is -0.496 e. The van der Waals surface area contributed by atoms with Crippen molar-refractivity contribution in [2.75, 3.05) is 32.6 Å². The Morgan fingerprint density at radius 1 is 1.26 bits per heavy atom. The van der Waals surface area contributed by atoms with Crippen LogP contribution in [0.4, 0.5) is 5.69 Å². The van der Waals surface area contributed by atoms with Crippen LogP contribution in [-0.2, 0) is 0 Å². The Morgan fingerprint density at radius 2 is 2.05 bits per heavy atom. The third-order valence-electron chi connectivity index (χ3n) is 3.92. The van der Waals surface area contributed by atoms with Gasteiger partial charge in [-0.1, -0.05) is 0 Å². The highest BCUT2D eigenvalue weighted by atomic mass is 16.5. The van der Waals surface area contributed by atoms with E-state index in [4.69, 9.17) is 9.47 Å². The van der Waals surface area contributed by atoms with Crippen LogP contribution in [0.15, 0.2) is 6.07 Å². The van der Waals surface area contributed by atoms with Gasteiger partial charge < -0.3 is 20.1 Å². The van der Waals surface area contributed by atoms with Gasteiger partial charge in [-0.05, 0) is 44.4 Å². The van der Waals surface area contributed by atoms with Gasteiger partial charge in [-0.2, -0.15) is 0 Å². The number of anilines is 1. The second-order valence-corrected chi connectivity index (χ2v) is 5.08. The highest BCUT2D eigenvalue weighted by Gasteiger charge is 2.17. The summed E-state index contributed by atoms with van der Waals surface area (Å²) in [5, 5.41) is 6.97. The largest absolute Gasteiger partial charge is 0.496 e. The zero-order chi connectivity index (χ0) is 13.8. The molecule has 1 saturated heterocycles. The number of benzene rings is 1. The molecule has 0 bridgehead atoms. The van der Waals surface area contributed by atoms with Gasteiger partial charge >= 0.3 is 0 Å². The number of rotatable bonds is 5. The van der Waals surface area contributed by atoms with Gasteiger partial charge in [0.1, 0.15) is 11.5 Å². The van der Waals surface area contributed by atoms with Crippen molar-refractivity contribution >= 4 is 5.69 Å². The Hall–Kier alpha value is -1.42. The normalized spacial score (nSPS) is 18.4. The van der Waals surface area contributed by atoms with Crippen molar-refractivity contribution in [2.24, 2.45) is 0 Å². The Kier molecular flexibility index (Phi) is 4.53. The number of nitrogens with one attached hydrogen (secondary N) is 2. The first-order valence-corrected chi connectivity index (χ1v) is 6.86. The van der Waals surface area contributed by atoms with E-state index in [1.807, 2.05) is 6.07 Å². The topological polar surface area (TPSA) is 42.5 Å². The average Bonchev–Trinajstić information content (AvgIpc) is 2.93. The summed E-state index contributed by atoms with van der Waals surface area (Å²) in [6.45, 7) is 6.16. The monoisotopic (exact) mass is 264 g/mol. The van der Waals surface area contributed by atoms with Crippen molar-refractivity contribution < 1.29 is 9.47 Å². The van der Waals surface area contributed by atoms with Gasteiger partial charge in [-0.25, -0.2) is 0 Å². The zero-order valence-electron chi connectivity index (χ0n) is 12.3. The molecule has 106 valence electrons. The smallest absolute Gasteiger partial charge is 0.145 e. The van der Waals surface area contributed by atoms with Gasteiger partial charge in [-0.15, -0.1) is 0 Å². The van der Waals surface area contributed by atoms with Crippen LogP contribution in [-0.4, -0.2) is 33.4 Å². The van der Waals surface area contributed by atoms with Gasteiger partial charge in [0.15, 0.2) is 0 Å². The van der Waals surface area contributed by atoms with Crippen molar-refractivity contribution in [3.8, 4) is 11.5 Å². The molecule has 0 aromatic heterocycles. The molecule has 1 atom stereocenters. The minimum atomic E-state index is 0.553. The van der Waals surface area contributed by atoms with Gasteiger partial charge in [0.05, 0.1) is 19.9 Å². The van der Waals surface area contributed by atoms with Crippen molar-refractivity contribution in [3.05, 3.63) is 17.2 Å². The Morgan fingerprint density at radius 3 is 2.63 bits per heavy atom. The first-order chi connectivity index (χ1) is 9.17. The second kappa shape index (κ2) is 6.15. The maximum Gasteiger partial charge on any atom is 0.145 e. The second-order valence-electron chi connectivity index (χ2n) is 5.08. The molecule has 1 aliphatic heterocycles. The SMILES string of the molecule is COc1cc(NCC2CCCN2)c(OC)c(C)c1C. The molecule has 1 heterocycles. The van der Waals surface area contributed by atoms with E-state index < -0.39 is 0 Å². The molecule has 1 aliphatic rings. The maximum atomic E-state index is 5.53. The van der Waals surface area contributed by atoms with Crippen LogP contribution in [0, 0.1) is 13.8 Å². The summed E-state index contributed by atoms with van der Waals surface area (Å²) in [6.07, 6.45) is 2.50. The summed E-state index contributed by atoms with van der Waals surface area (Å²) in [4.78, 5) is 0. The molecule has 1 fully saturated rings. The van der Waals surface area contributed by atoms with Gasteiger partial charge in [0.25, 0.3) is 0 Å². The molecule has 0 amide bonds. The minimum absolute atomic E-state index is 0.553. The lowest BCUT2D eigenvalue weighted by Gasteiger charge is -2.19. The van der Waals surface area contributed by atoms with E-state index >= 15 is 0 Å². The van der Waals surface area contributed by atoms with Crippen LogP contribution in [0.5, 0.6) is 11.5 Å². The summed E-state index contributed by atoms with van der Waals surface area (Å²) in [5.74, 6) is 1.82. The Labute approximate surface area is 115 Å². The van der Waals surface area contributed by atoms with Crippen LogP contribution in [0.3, 0.4) is 0 Å². The lowest BCUT2D eigenvalue weighted by molar-refractivity contribution is 0.399. The molecule has 1 unspecified atom stereocenters.